The highest BCUT2D eigenvalue weighted by Crippen LogP contribution is 2.30. The van der Waals surface area contributed by atoms with Gasteiger partial charge >= 0.3 is 23.9 Å². The van der Waals surface area contributed by atoms with Crippen LogP contribution in [0.3, 0.4) is 0 Å². The van der Waals surface area contributed by atoms with Gasteiger partial charge in [-0.05, 0) is 69.9 Å². The van der Waals surface area contributed by atoms with E-state index in [0.29, 0.717) is 23.3 Å². The maximum atomic E-state index is 12.7. The molecule has 4 rings (SSSR count). The van der Waals surface area contributed by atoms with Crippen LogP contribution in [-0.2, 0) is 25.5 Å². The number of ether oxygens (including phenoxy) is 4. The summed E-state index contributed by atoms with van der Waals surface area (Å²) in [6, 6.07) is 23.0. The van der Waals surface area contributed by atoms with Gasteiger partial charge in [0.2, 0.25) is 0 Å². The maximum absolute atomic E-state index is 12.7. The van der Waals surface area contributed by atoms with Gasteiger partial charge in [-0.3, -0.25) is 0 Å². The molecule has 0 fully saturated rings. The van der Waals surface area contributed by atoms with Crippen LogP contribution in [0.15, 0.2) is 117 Å². The van der Waals surface area contributed by atoms with Crippen LogP contribution in [0.2, 0.25) is 0 Å². The average molecular weight is 563 g/mol. The van der Waals surface area contributed by atoms with Crippen molar-refractivity contribution in [1.82, 2.24) is 0 Å². The quantitative estimate of drug-likeness (QED) is 0.121. The largest absolute Gasteiger partial charge is 0.462 e. The van der Waals surface area contributed by atoms with Crippen LogP contribution in [0.1, 0.15) is 15.9 Å². The molecule has 0 amide bonds. The Morgan fingerprint density at radius 1 is 0.595 bits per heavy atom. The Morgan fingerprint density at radius 3 is 1.88 bits per heavy atom. The van der Waals surface area contributed by atoms with Gasteiger partial charge in [-0.15, -0.1) is 0 Å². The van der Waals surface area contributed by atoms with Crippen LogP contribution in [0.5, 0.6) is 17.2 Å². The third-order valence-corrected chi connectivity index (χ3v) is 6.04. The Balaban J connectivity index is 1.40. The van der Waals surface area contributed by atoms with Gasteiger partial charge in [-0.2, -0.15) is 0 Å². The van der Waals surface area contributed by atoms with E-state index >= 15 is 0 Å². The zero-order valence-electron chi connectivity index (χ0n) is 22.5. The molecule has 42 heavy (non-hydrogen) atoms. The SMILES string of the molecule is C=CC(=O)Oc1ccc(-c2ccc3cc(C(=O)OCCc4ccc(OC(=O)C=C)c(OC(=O)C=C)c4)ccc3c2)cc1. The Hall–Kier alpha value is -5.76. The molecule has 0 unspecified atom stereocenters. The Kier molecular flexibility index (Phi) is 9.42. The lowest BCUT2D eigenvalue weighted by molar-refractivity contribution is -0.131. The number of esters is 4. The topological polar surface area (TPSA) is 105 Å². The molecular formula is C34H26O8. The van der Waals surface area contributed by atoms with E-state index in [-0.39, 0.29) is 18.1 Å². The number of rotatable bonds is 11. The van der Waals surface area contributed by atoms with E-state index in [0.717, 1.165) is 40.1 Å². The predicted molar refractivity (Wildman–Crippen MR) is 157 cm³/mol. The van der Waals surface area contributed by atoms with Crippen molar-refractivity contribution in [1.29, 1.82) is 0 Å². The van der Waals surface area contributed by atoms with Crippen molar-refractivity contribution >= 4 is 34.6 Å². The van der Waals surface area contributed by atoms with Crippen molar-refractivity contribution in [2.45, 2.75) is 6.42 Å². The lowest BCUT2D eigenvalue weighted by atomic mass is 10.00. The molecule has 0 aliphatic rings. The van der Waals surface area contributed by atoms with E-state index in [1.165, 1.54) is 12.1 Å². The second kappa shape index (κ2) is 13.5. The second-order valence-electron chi connectivity index (χ2n) is 8.84. The molecule has 0 spiro atoms. The highest BCUT2D eigenvalue weighted by molar-refractivity contribution is 5.96. The summed E-state index contributed by atoms with van der Waals surface area (Å²) in [5, 5.41) is 1.80. The predicted octanol–water partition coefficient (Wildman–Crippen LogP) is 6.18. The first-order valence-corrected chi connectivity index (χ1v) is 12.8. The molecular weight excluding hydrogens is 536 g/mol. The van der Waals surface area contributed by atoms with Gasteiger partial charge in [0.1, 0.15) is 5.75 Å². The first kappa shape index (κ1) is 29.2. The van der Waals surface area contributed by atoms with Crippen LogP contribution in [0, 0.1) is 0 Å². The highest BCUT2D eigenvalue weighted by Gasteiger charge is 2.14. The summed E-state index contributed by atoms with van der Waals surface area (Å²) in [5.41, 5.74) is 2.98. The van der Waals surface area contributed by atoms with E-state index in [1.807, 2.05) is 36.4 Å². The number of hydrogen-bond donors (Lipinski definition) is 0. The van der Waals surface area contributed by atoms with Gasteiger partial charge in [0.25, 0.3) is 0 Å². The van der Waals surface area contributed by atoms with Crippen molar-refractivity contribution in [3.05, 3.63) is 128 Å². The fraction of sp³-hybridized carbons (Fsp3) is 0.0588. The average Bonchev–Trinajstić information content (AvgIpc) is 3.01. The summed E-state index contributed by atoms with van der Waals surface area (Å²) in [7, 11) is 0. The van der Waals surface area contributed by atoms with Crippen LogP contribution in [0.25, 0.3) is 21.9 Å². The molecule has 0 saturated carbocycles. The molecule has 0 saturated heterocycles. The molecule has 210 valence electrons. The summed E-state index contributed by atoms with van der Waals surface area (Å²) in [4.78, 5) is 47.4. The number of benzene rings is 4. The van der Waals surface area contributed by atoms with Crippen molar-refractivity contribution in [3.63, 3.8) is 0 Å². The molecule has 0 heterocycles. The number of carbonyl (C=O) groups is 4. The number of fused-ring (bicyclic) bond motifs is 1. The molecule has 0 radical (unpaired) electrons. The molecule has 0 aromatic heterocycles. The summed E-state index contributed by atoms with van der Waals surface area (Å²) in [5.74, 6) is -1.94. The van der Waals surface area contributed by atoms with Gasteiger partial charge < -0.3 is 18.9 Å². The molecule has 8 nitrogen and oxygen atoms in total. The normalized spacial score (nSPS) is 10.3. The molecule has 0 atom stereocenters. The third kappa shape index (κ3) is 7.45. The van der Waals surface area contributed by atoms with Gasteiger partial charge in [0, 0.05) is 24.6 Å². The summed E-state index contributed by atoms with van der Waals surface area (Å²) >= 11 is 0. The van der Waals surface area contributed by atoms with Gasteiger partial charge in [0.15, 0.2) is 11.5 Å². The Morgan fingerprint density at radius 2 is 1.19 bits per heavy atom. The number of hydrogen-bond acceptors (Lipinski definition) is 8. The Bertz CT molecular complexity index is 1700. The highest BCUT2D eigenvalue weighted by atomic mass is 16.6. The van der Waals surface area contributed by atoms with Crippen LogP contribution >= 0.6 is 0 Å². The molecule has 0 bridgehead atoms. The van der Waals surface area contributed by atoms with Crippen LogP contribution < -0.4 is 14.2 Å². The molecule has 4 aromatic carbocycles. The van der Waals surface area contributed by atoms with E-state index in [1.54, 1.807) is 30.3 Å². The first-order valence-electron chi connectivity index (χ1n) is 12.8. The summed E-state index contributed by atoms with van der Waals surface area (Å²) in [6.45, 7) is 10.2. The van der Waals surface area contributed by atoms with Gasteiger partial charge in [0.05, 0.1) is 12.2 Å². The molecule has 0 aliphatic heterocycles. The van der Waals surface area contributed by atoms with E-state index < -0.39 is 23.9 Å². The van der Waals surface area contributed by atoms with Crippen LogP contribution in [0.4, 0.5) is 0 Å². The smallest absolute Gasteiger partial charge is 0.338 e. The minimum atomic E-state index is -0.720. The Labute approximate surface area is 242 Å². The molecule has 0 aliphatic carbocycles. The molecule has 8 heteroatoms. The minimum absolute atomic E-state index is 0.0277. The van der Waals surface area contributed by atoms with Crippen molar-refractivity contribution < 1.29 is 38.1 Å². The zero-order valence-corrected chi connectivity index (χ0v) is 22.5. The maximum Gasteiger partial charge on any atom is 0.338 e. The van der Waals surface area contributed by atoms with Crippen molar-refractivity contribution in [2.24, 2.45) is 0 Å². The van der Waals surface area contributed by atoms with E-state index in [9.17, 15) is 19.2 Å². The summed E-state index contributed by atoms with van der Waals surface area (Å²) < 4.78 is 20.9. The van der Waals surface area contributed by atoms with E-state index in [2.05, 4.69) is 19.7 Å². The number of carbonyl (C=O) groups excluding carboxylic acids is 4. The fourth-order valence-electron chi connectivity index (χ4n) is 3.94. The third-order valence-electron chi connectivity index (χ3n) is 6.04. The van der Waals surface area contributed by atoms with Crippen molar-refractivity contribution in [2.75, 3.05) is 6.61 Å². The second-order valence-corrected chi connectivity index (χ2v) is 8.84. The standard InChI is InChI=1S/C34H26O8/c1-4-31(35)40-28-14-12-23(13-15-28)24-8-9-26-21-27(11-10-25(26)20-24)34(38)39-18-17-22-7-16-29(41-32(36)5-2)30(19-22)42-33(37)6-3/h4-16,19-21H,1-3,17-18H2. The zero-order chi connectivity index (χ0) is 30.1. The van der Waals surface area contributed by atoms with Crippen molar-refractivity contribution in [3.8, 4) is 28.4 Å². The lowest BCUT2D eigenvalue weighted by Crippen LogP contribution is -2.10. The first-order chi connectivity index (χ1) is 20.3. The summed E-state index contributed by atoms with van der Waals surface area (Å²) in [6.07, 6.45) is 3.40. The van der Waals surface area contributed by atoms with Gasteiger partial charge in [-0.25, -0.2) is 19.2 Å². The lowest BCUT2D eigenvalue weighted by Gasteiger charge is -2.11. The van der Waals surface area contributed by atoms with Crippen LogP contribution in [-0.4, -0.2) is 30.5 Å². The fourth-order valence-corrected chi connectivity index (χ4v) is 3.94. The van der Waals surface area contributed by atoms with Gasteiger partial charge in [-0.1, -0.05) is 56.1 Å². The molecule has 0 N–H and O–H groups in total. The minimum Gasteiger partial charge on any atom is -0.462 e. The monoisotopic (exact) mass is 562 g/mol. The molecule has 4 aromatic rings. The van der Waals surface area contributed by atoms with E-state index in [4.69, 9.17) is 18.9 Å².